The number of fused-ring (bicyclic) bond motifs is 2. The van der Waals surface area contributed by atoms with Crippen LogP contribution in [0.3, 0.4) is 0 Å². The van der Waals surface area contributed by atoms with Crippen molar-refractivity contribution >= 4 is 28.3 Å². The van der Waals surface area contributed by atoms with Gasteiger partial charge < -0.3 is 5.11 Å². The number of rotatable bonds is 4. The second kappa shape index (κ2) is 10.3. The first-order chi connectivity index (χ1) is 16.2. The minimum absolute atomic E-state index is 0.000618. The number of aromatic nitrogens is 1. The Kier molecular flexibility index (Phi) is 7.43. The predicted molar refractivity (Wildman–Crippen MR) is 130 cm³/mol. The maximum atomic E-state index is 13.2. The van der Waals surface area contributed by atoms with Crippen LogP contribution in [0, 0.1) is 5.41 Å². The average molecular weight is 466 g/mol. The summed E-state index contributed by atoms with van der Waals surface area (Å²) in [5.74, 6) is -0.798. The average Bonchev–Trinajstić information content (AvgIpc) is 2.77. The molecule has 2 aromatic rings. The third-order valence-electron chi connectivity index (χ3n) is 7.13. The van der Waals surface area contributed by atoms with Gasteiger partial charge in [-0.3, -0.25) is 29.2 Å². The van der Waals surface area contributed by atoms with Gasteiger partial charge in [0.2, 0.25) is 0 Å². The topological polar surface area (TPSA) is 90.8 Å². The fourth-order valence-electron chi connectivity index (χ4n) is 5.82. The highest BCUT2D eigenvalue weighted by Gasteiger charge is 2.38. The van der Waals surface area contributed by atoms with Gasteiger partial charge in [-0.15, -0.1) is 0 Å². The van der Waals surface area contributed by atoms with Gasteiger partial charge in [-0.05, 0) is 29.7 Å². The van der Waals surface area contributed by atoms with E-state index in [2.05, 4.69) is 22.0 Å². The number of carbonyl (C=O) groups excluding carboxylic acids is 2. The predicted octanol–water partition coefficient (Wildman–Crippen LogP) is 3.69. The minimum atomic E-state index is -0.926. The summed E-state index contributed by atoms with van der Waals surface area (Å²) in [6.07, 6.45) is 6.19. The van der Waals surface area contributed by atoms with Crippen molar-refractivity contribution in [2.75, 3.05) is 19.6 Å². The maximum absolute atomic E-state index is 13.2. The van der Waals surface area contributed by atoms with E-state index in [1.807, 2.05) is 43.1 Å². The van der Waals surface area contributed by atoms with Crippen LogP contribution in [0.4, 0.5) is 0 Å². The number of carbonyl (C=O) groups is 3. The zero-order valence-electron chi connectivity index (χ0n) is 20.2. The molecular formula is C27H35N3O4. The van der Waals surface area contributed by atoms with E-state index in [0.717, 1.165) is 42.1 Å². The van der Waals surface area contributed by atoms with Crippen LogP contribution in [0.2, 0.25) is 0 Å². The number of ketones is 2. The summed E-state index contributed by atoms with van der Waals surface area (Å²) in [5.41, 5.74) is 0.441. The molecule has 1 aromatic carbocycles. The van der Waals surface area contributed by atoms with E-state index in [0.29, 0.717) is 13.0 Å². The number of Topliss-reactive ketones (excluding diaryl/α,β-unsaturated/α-hetero) is 2. The van der Waals surface area contributed by atoms with Gasteiger partial charge in [-0.2, -0.15) is 0 Å². The second-order valence-electron chi connectivity index (χ2n) is 10.7. The van der Waals surface area contributed by atoms with Crippen molar-refractivity contribution in [3.05, 3.63) is 42.2 Å². The van der Waals surface area contributed by atoms with Gasteiger partial charge in [0.05, 0.1) is 25.3 Å². The van der Waals surface area contributed by atoms with E-state index in [1.165, 1.54) is 0 Å². The summed E-state index contributed by atoms with van der Waals surface area (Å²) >= 11 is 0. The van der Waals surface area contributed by atoms with Crippen LogP contribution in [0.15, 0.2) is 36.5 Å². The van der Waals surface area contributed by atoms with Crippen LogP contribution < -0.4 is 0 Å². The summed E-state index contributed by atoms with van der Waals surface area (Å²) in [5, 5.41) is 11.8. The molecule has 2 fully saturated rings. The highest BCUT2D eigenvalue weighted by molar-refractivity contribution is 5.85. The molecule has 1 aliphatic heterocycles. The van der Waals surface area contributed by atoms with Gasteiger partial charge in [-0.25, -0.2) is 0 Å². The van der Waals surface area contributed by atoms with Crippen LogP contribution in [0.25, 0.3) is 10.8 Å². The van der Waals surface area contributed by atoms with Gasteiger partial charge >= 0.3 is 5.97 Å². The van der Waals surface area contributed by atoms with Crippen LogP contribution in [-0.4, -0.2) is 69.1 Å². The van der Waals surface area contributed by atoms with E-state index in [-0.39, 0.29) is 49.7 Å². The lowest BCUT2D eigenvalue weighted by molar-refractivity contribution is -0.140. The summed E-state index contributed by atoms with van der Waals surface area (Å²) in [6, 6.07) is 10.1. The van der Waals surface area contributed by atoms with E-state index in [9.17, 15) is 19.5 Å². The van der Waals surface area contributed by atoms with Crippen molar-refractivity contribution in [3.8, 4) is 0 Å². The molecule has 182 valence electrons. The van der Waals surface area contributed by atoms with E-state index in [4.69, 9.17) is 0 Å². The van der Waals surface area contributed by atoms with Crippen LogP contribution in [0.1, 0.15) is 58.1 Å². The van der Waals surface area contributed by atoms with Crippen molar-refractivity contribution in [1.82, 2.24) is 14.8 Å². The first-order valence-electron chi connectivity index (χ1n) is 12.3. The third-order valence-corrected chi connectivity index (χ3v) is 7.13. The molecule has 34 heavy (non-hydrogen) atoms. The van der Waals surface area contributed by atoms with Gasteiger partial charge in [0.25, 0.3) is 0 Å². The van der Waals surface area contributed by atoms with Gasteiger partial charge in [0.1, 0.15) is 11.6 Å². The van der Waals surface area contributed by atoms with Crippen LogP contribution in [0.5, 0.6) is 0 Å². The Hall–Kier alpha value is -2.64. The third kappa shape index (κ3) is 6.07. The summed E-state index contributed by atoms with van der Waals surface area (Å²) in [7, 11) is 0. The Morgan fingerprint density at radius 2 is 1.59 bits per heavy atom. The number of carboxylic acid groups (broad SMARTS) is 1. The molecule has 0 spiro atoms. The van der Waals surface area contributed by atoms with Gasteiger partial charge in [0, 0.05) is 43.1 Å². The smallest absolute Gasteiger partial charge is 0.317 e. The van der Waals surface area contributed by atoms with Crippen molar-refractivity contribution < 1.29 is 19.5 Å². The largest absolute Gasteiger partial charge is 0.480 e. The molecule has 0 bridgehead atoms. The number of carboxylic acids is 1. The number of hydrogen-bond acceptors (Lipinski definition) is 6. The molecule has 2 aliphatic rings. The van der Waals surface area contributed by atoms with Crippen LogP contribution >= 0.6 is 0 Å². The maximum Gasteiger partial charge on any atom is 0.317 e. The molecular weight excluding hydrogens is 430 g/mol. The van der Waals surface area contributed by atoms with E-state index >= 15 is 0 Å². The highest BCUT2D eigenvalue weighted by Crippen LogP contribution is 2.32. The standard InChI is InChI=1S/C27H35N3O4/c1-27(2)12-22(31)16-29(15-21-11-19-7-3-4-8-20(19)14-28-21)24-9-5-6-10-25(24)30(18-26(33)34)17-23(32)13-27/h3-4,7-8,11,14,24-25H,5-6,9-10,12-13,15-18H2,1-2H3,(H,33,34)/t24-,25-/m0/s1. The summed E-state index contributed by atoms with van der Waals surface area (Å²) in [4.78, 5) is 46.6. The SMILES string of the molecule is CC1(C)CC(=O)CN(CC(=O)O)[C@H]2CCCC[C@@H]2N(Cc2cc3ccccc3cn2)CC(=O)C1. The quantitative estimate of drug-likeness (QED) is 0.736. The zero-order valence-corrected chi connectivity index (χ0v) is 20.2. The number of nitrogens with zero attached hydrogens (tertiary/aromatic N) is 3. The normalized spacial score (nSPS) is 25.0. The zero-order chi connectivity index (χ0) is 24.3. The van der Waals surface area contributed by atoms with Gasteiger partial charge in [0.15, 0.2) is 0 Å². The lowest BCUT2D eigenvalue weighted by Crippen LogP contribution is -2.56. The Morgan fingerprint density at radius 3 is 2.24 bits per heavy atom. The number of benzene rings is 1. The van der Waals surface area contributed by atoms with Crippen molar-refractivity contribution in [2.45, 2.75) is 71.0 Å². The Morgan fingerprint density at radius 1 is 1.00 bits per heavy atom. The van der Waals surface area contributed by atoms with Crippen molar-refractivity contribution in [3.63, 3.8) is 0 Å². The van der Waals surface area contributed by atoms with Crippen molar-refractivity contribution in [1.29, 1.82) is 0 Å². The molecule has 4 rings (SSSR count). The molecule has 1 aliphatic carbocycles. The lowest BCUT2D eigenvalue weighted by Gasteiger charge is -2.44. The number of aliphatic carboxylic acids is 1. The molecule has 0 radical (unpaired) electrons. The molecule has 0 unspecified atom stereocenters. The monoisotopic (exact) mass is 465 g/mol. The Balaban J connectivity index is 1.69. The van der Waals surface area contributed by atoms with E-state index < -0.39 is 11.4 Å². The molecule has 1 saturated heterocycles. The fourth-order valence-corrected chi connectivity index (χ4v) is 5.82. The number of hydrogen-bond donors (Lipinski definition) is 1. The Labute approximate surface area is 201 Å². The van der Waals surface area contributed by atoms with Crippen LogP contribution in [-0.2, 0) is 20.9 Å². The Bertz CT molecular complexity index is 1070. The molecule has 7 heteroatoms. The summed E-state index contributed by atoms with van der Waals surface area (Å²) < 4.78 is 0. The second-order valence-corrected chi connectivity index (χ2v) is 10.7. The molecule has 1 saturated carbocycles. The molecule has 7 nitrogen and oxygen atoms in total. The summed E-state index contributed by atoms with van der Waals surface area (Å²) in [6.45, 7) is 4.66. The molecule has 1 N–H and O–H groups in total. The first-order valence-corrected chi connectivity index (χ1v) is 12.3. The number of pyridine rings is 1. The molecule has 2 atom stereocenters. The first kappa shape index (κ1) is 24.5. The molecule has 1 aromatic heterocycles. The highest BCUT2D eigenvalue weighted by atomic mass is 16.4. The van der Waals surface area contributed by atoms with Gasteiger partial charge in [-0.1, -0.05) is 51.0 Å². The lowest BCUT2D eigenvalue weighted by atomic mass is 9.82. The molecule has 0 amide bonds. The minimum Gasteiger partial charge on any atom is -0.480 e. The van der Waals surface area contributed by atoms with Crippen molar-refractivity contribution in [2.24, 2.45) is 5.41 Å². The molecule has 2 heterocycles. The van der Waals surface area contributed by atoms with E-state index in [1.54, 1.807) is 0 Å². The fraction of sp³-hybridized carbons (Fsp3) is 0.556.